The Labute approximate surface area is 110 Å². The van der Waals surface area contributed by atoms with Crippen LogP contribution in [0.1, 0.15) is 19.4 Å². The van der Waals surface area contributed by atoms with Crippen LogP contribution in [0.2, 0.25) is 0 Å². The fourth-order valence-corrected chi connectivity index (χ4v) is 1.89. The molecule has 0 atom stereocenters. The average Bonchev–Trinajstić information content (AvgIpc) is 2.30. The first-order valence-corrected chi connectivity index (χ1v) is 6.69. The Kier molecular flexibility index (Phi) is 7.25. The molecule has 0 heterocycles. The lowest BCUT2D eigenvalue weighted by atomic mass is 10.2. The summed E-state index contributed by atoms with van der Waals surface area (Å²) in [6.45, 7) is 7.65. The summed E-state index contributed by atoms with van der Waals surface area (Å²) >= 11 is 5.82. The van der Waals surface area contributed by atoms with Crippen molar-refractivity contribution in [1.82, 2.24) is 4.90 Å². The molecule has 1 rings (SSSR count). The predicted octanol–water partition coefficient (Wildman–Crippen LogP) is 3.15. The van der Waals surface area contributed by atoms with Crippen molar-refractivity contribution in [1.29, 1.82) is 0 Å². The second-order valence-corrected chi connectivity index (χ2v) is 4.75. The molecule has 1 aromatic rings. The number of halogens is 1. The van der Waals surface area contributed by atoms with Gasteiger partial charge < -0.3 is 4.74 Å². The van der Waals surface area contributed by atoms with Crippen LogP contribution >= 0.6 is 11.6 Å². The summed E-state index contributed by atoms with van der Waals surface area (Å²) in [6, 6.07) is 10.5. The largest absolute Gasteiger partial charge is 0.377 e. The van der Waals surface area contributed by atoms with Crippen molar-refractivity contribution in [3.05, 3.63) is 35.9 Å². The lowest BCUT2D eigenvalue weighted by Gasteiger charge is -2.21. The van der Waals surface area contributed by atoms with E-state index >= 15 is 0 Å². The van der Waals surface area contributed by atoms with Gasteiger partial charge >= 0.3 is 0 Å². The van der Waals surface area contributed by atoms with Gasteiger partial charge in [-0.05, 0) is 19.4 Å². The monoisotopic (exact) mass is 255 g/mol. The summed E-state index contributed by atoms with van der Waals surface area (Å²) in [5.41, 5.74) is 1.32. The van der Waals surface area contributed by atoms with Gasteiger partial charge in [-0.2, -0.15) is 0 Å². The molecule has 0 aliphatic carbocycles. The van der Waals surface area contributed by atoms with Crippen LogP contribution in [0.5, 0.6) is 0 Å². The Hall–Kier alpha value is -0.570. The molecule has 0 saturated heterocycles. The Morgan fingerprint density at radius 2 is 1.88 bits per heavy atom. The first-order chi connectivity index (χ1) is 8.22. The van der Waals surface area contributed by atoms with Crippen LogP contribution in [0, 0.1) is 0 Å². The van der Waals surface area contributed by atoms with E-state index in [4.69, 9.17) is 16.3 Å². The molecule has 0 fully saturated rings. The minimum absolute atomic E-state index is 0.296. The Morgan fingerprint density at radius 1 is 1.18 bits per heavy atom. The molecule has 0 aliphatic rings. The highest BCUT2D eigenvalue weighted by Crippen LogP contribution is 2.04. The van der Waals surface area contributed by atoms with E-state index in [0.29, 0.717) is 12.0 Å². The minimum atomic E-state index is 0.296. The van der Waals surface area contributed by atoms with E-state index in [1.807, 2.05) is 6.07 Å². The van der Waals surface area contributed by atoms with Crippen molar-refractivity contribution < 1.29 is 4.74 Å². The minimum Gasteiger partial charge on any atom is -0.377 e. The zero-order valence-corrected chi connectivity index (χ0v) is 11.5. The fourth-order valence-electron chi connectivity index (χ4n) is 1.65. The Morgan fingerprint density at radius 3 is 2.47 bits per heavy atom. The molecule has 0 bridgehead atoms. The summed E-state index contributed by atoms with van der Waals surface area (Å²) in [6.07, 6.45) is 0.296. The number of alkyl halides is 1. The zero-order chi connectivity index (χ0) is 12.5. The van der Waals surface area contributed by atoms with Crippen LogP contribution < -0.4 is 0 Å². The molecule has 3 heteroatoms. The normalized spacial score (nSPS) is 11.4. The summed E-state index contributed by atoms with van der Waals surface area (Å²) in [5, 5.41) is 0. The van der Waals surface area contributed by atoms with E-state index in [-0.39, 0.29) is 0 Å². The molecular weight excluding hydrogens is 234 g/mol. The lowest BCUT2D eigenvalue weighted by Crippen LogP contribution is -2.29. The van der Waals surface area contributed by atoms with Crippen molar-refractivity contribution in [2.24, 2.45) is 0 Å². The molecule has 17 heavy (non-hydrogen) atoms. The van der Waals surface area contributed by atoms with Crippen LogP contribution in [0.25, 0.3) is 0 Å². The number of rotatable bonds is 8. The number of nitrogens with zero attached hydrogens (tertiary/aromatic N) is 1. The van der Waals surface area contributed by atoms with E-state index in [1.54, 1.807) is 0 Å². The molecule has 96 valence electrons. The molecule has 0 saturated carbocycles. The number of hydrogen-bond acceptors (Lipinski definition) is 2. The standard InChI is InChI=1S/C14H22ClNO/c1-13(2)17-11-10-16(9-8-15)12-14-6-4-3-5-7-14/h3-7,13H,8-12H2,1-2H3. The SMILES string of the molecule is CC(C)OCCN(CCCl)Cc1ccccc1. The van der Waals surface area contributed by atoms with Crippen molar-refractivity contribution >= 4 is 11.6 Å². The molecular formula is C14H22ClNO. The molecule has 2 nitrogen and oxygen atoms in total. The maximum absolute atomic E-state index is 5.82. The van der Waals surface area contributed by atoms with Gasteiger partial charge in [0, 0.05) is 25.5 Å². The van der Waals surface area contributed by atoms with Crippen LogP contribution in [0.3, 0.4) is 0 Å². The van der Waals surface area contributed by atoms with E-state index in [0.717, 1.165) is 26.2 Å². The van der Waals surface area contributed by atoms with Crippen LogP contribution in [0.4, 0.5) is 0 Å². The average molecular weight is 256 g/mol. The second kappa shape index (κ2) is 8.51. The molecule has 0 N–H and O–H groups in total. The van der Waals surface area contributed by atoms with Gasteiger partial charge in [-0.1, -0.05) is 30.3 Å². The summed E-state index contributed by atoms with van der Waals surface area (Å²) in [5.74, 6) is 0.661. The summed E-state index contributed by atoms with van der Waals surface area (Å²) < 4.78 is 5.57. The molecule has 0 spiro atoms. The summed E-state index contributed by atoms with van der Waals surface area (Å²) in [7, 11) is 0. The van der Waals surface area contributed by atoms with E-state index in [9.17, 15) is 0 Å². The maximum Gasteiger partial charge on any atom is 0.0597 e. The van der Waals surface area contributed by atoms with Gasteiger partial charge in [0.25, 0.3) is 0 Å². The fraction of sp³-hybridized carbons (Fsp3) is 0.571. The van der Waals surface area contributed by atoms with Gasteiger partial charge in [-0.15, -0.1) is 11.6 Å². The van der Waals surface area contributed by atoms with Crippen LogP contribution in [-0.4, -0.2) is 36.6 Å². The lowest BCUT2D eigenvalue weighted by molar-refractivity contribution is 0.0587. The quantitative estimate of drug-likeness (QED) is 0.662. The van der Waals surface area contributed by atoms with Crippen LogP contribution in [-0.2, 0) is 11.3 Å². The number of benzene rings is 1. The molecule has 0 aromatic heterocycles. The van der Waals surface area contributed by atoms with E-state index in [2.05, 4.69) is 43.0 Å². The highest BCUT2D eigenvalue weighted by molar-refractivity contribution is 6.18. The first kappa shape index (κ1) is 14.5. The maximum atomic E-state index is 5.82. The van der Waals surface area contributed by atoms with Crippen LogP contribution in [0.15, 0.2) is 30.3 Å². The third-order valence-electron chi connectivity index (χ3n) is 2.51. The van der Waals surface area contributed by atoms with E-state index < -0.39 is 0 Å². The Bertz CT molecular complexity index is 290. The van der Waals surface area contributed by atoms with Gasteiger partial charge in [-0.25, -0.2) is 0 Å². The highest BCUT2D eigenvalue weighted by atomic mass is 35.5. The van der Waals surface area contributed by atoms with Crippen molar-refractivity contribution in [2.45, 2.75) is 26.5 Å². The highest BCUT2D eigenvalue weighted by Gasteiger charge is 2.05. The van der Waals surface area contributed by atoms with Gasteiger partial charge in [0.2, 0.25) is 0 Å². The topological polar surface area (TPSA) is 12.5 Å². The van der Waals surface area contributed by atoms with Crippen molar-refractivity contribution in [3.63, 3.8) is 0 Å². The Balaban J connectivity index is 2.37. The van der Waals surface area contributed by atoms with Gasteiger partial charge in [0.1, 0.15) is 0 Å². The van der Waals surface area contributed by atoms with Gasteiger partial charge in [0.15, 0.2) is 0 Å². The smallest absolute Gasteiger partial charge is 0.0597 e. The van der Waals surface area contributed by atoms with Crippen molar-refractivity contribution in [3.8, 4) is 0 Å². The van der Waals surface area contributed by atoms with Gasteiger partial charge in [-0.3, -0.25) is 4.90 Å². The van der Waals surface area contributed by atoms with Crippen molar-refractivity contribution in [2.75, 3.05) is 25.6 Å². The van der Waals surface area contributed by atoms with E-state index in [1.165, 1.54) is 5.56 Å². The molecule has 0 radical (unpaired) electrons. The molecule has 0 unspecified atom stereocenters. The third kappa shape index (κ3) is 6.67. The summed E-state index contributed by atoms with van der Waals surface area (Å²) in [4.78, 5) is 2.32. The molecule has 0 amide bonds. The second-order valence-electron chi connectivity index (χ2n) is 4.37. The first-order valence-electron chi connectivity index (χ1n) is 6.16. The predicted molar refractivity (Wildman–Crippen MR) is 73.5 cm³/mol. The third-order valence-corrected chi connectivity index (χ3v) is 2.68. The zero-order valence-electron chi connectivity index (χ0n) is 10.7. The number of ether oxygens (including phenoxy) is 1. The van der Waals surface area contributed by atoms with Gasteiger partial charge in [0.05, 0.1) is 12.7 Å². The number of hydrogen-bond donors (Lipinski definition) is 0. The molecule has 0 aliphatic heterocycles. The molecule has 1 aromatic carbocycles.